The Labute approximate surface area is 141 Å². The Bertz CT molecular complexity index is 704. The molecule has 24 heavy (non-hydrogen) atoms. The summed E-state index contributed by atoms with van der Waals surface area (Å²) in [4.78, 5) is 14.5. The fourth-order valence-corrected chi connectivity index (χ4v) is 2.94. The molecule has 0 spiro atoms. The van der Waals surface area contributed by atoms with Gasteiger partial charge in [-0.1, -0.05) is 6.92 Å². The number of aromatic nitrogens is 2. The molecule has 1 aromatic carbocycles. The van der Waals surface area contributed by atoms with E-state index in [9.17, 15) is 9.18 Å². The first-order valence-electron chi connectivity index (χ1n) is 8.31. The summed E-state index contributed by atoms with van der Waals surface area (Å²) in [6.07, 6.45) is 2.40. The third-order valence-electron chi connectivity index (χ3n) is 4.36. The number of ether oxygens (including phenoxy) is 1. The zero-order valence-corrected chi connectivity index (χ0v) is 14.0. The van der Waals surface area contributed by atoms with Crippen LogP contribution in [-0.2, 0) is 13.5 Å². The maximum atomic E-state index is 12.9. The largest absolute Gasteiger partial charge is 0.490 e. The SMILES string of the molecule is CCc1cc(C(=O)N2CCC(Oc3ccc(F)cc3)CC2)n(C)n1. The quantitative estimate of drug-likeness (QED) is 0.865. The van der Waals surface area contributed by atoms with Crippen molar-refractivity contribution >= 4 is 5.91 Å². The second kappa shape index (κ2) is 7.03. The van der Waals surface area contributed by atoms with Crippen molar-refractivity contribution in [2.75, 3.05) is 13.1 Å². The molecule has 1 saturated heterocycles. The molecular weight excluding hydrogens is 309 g/mol. The zero-order chi connectivity index (χ0) is 17.1. The smallest absolute Gasteiger partial charge is 0.272 e. The molecule has 3 rings (SSSR count). The molecule has 0 saturated carbocycles. The van der Waals surface area contributed by atoms with Gasteiger partial charge in [0, 0.05) is 33.0 Å². The van der Waals surface area contributed by atoms with Crippen molar-refractivity contribution < 1.29 is 13.9 Å². The summed E-state index contributed by atoms with van der Waals surface area (Å²) in [6.45, 7) is 3.32. The van der Waals surface area contributed by atoms with Crippen LogP contribution in [0.25, 0.3) is 0 Å². The highest BCUT2D eigenvalue weighted by molar-refractivity contribution is 5.92. The van der Waals surface area contributed by atoms with E-state index < -0.39 is 0 Å². The first kappa shape index (κ1) is 16.5. The molecule has 1 fully saturated rings. The van der Waals surface area contributed by atoms with Gasteiger partial charge in [0.2, 0.25) is 0 Å². The summed E-state index contributed by atoms with van der Waals surface area (Å²) in [5.41, 5.74) is 1.56. The van der Waals surface area contributed by atoms with E-state index in [2.05, 4.69) is 5.10 Å². The molecule has 0 bridgehead atoms. The Morgan fingerprint density at radius 2 is 1.96 bits per heavy atom. The number of amides is 1. The van der Waals surface area contributed by atoms with Gasteiger partial charge in [0.05, 0.1) is 5.69 Å². The van der Waals surface area contributed by atoms with Crippen LogP contribution in [-0.4, -0.2) is 39.8 Å². The highest BCUT2D eigenvalue weighted by Gasteiger charge is 2.26. The standard InChI is InChI=1S/C18H22FN3O2/c1-3-14-12-17(21(2)20-14)18(23)22-10-8-16(9-11-22)24-15-6-4-13(19)5-7-15/h4-7,12,16H,3,8-11H2,1-2H3. The van der Waals surface area contributed by atoms with E-state index in [0.717, 1.165) is 25.0 Å². The van der Waals surface area contributed by atoms with Gasteiger partial charge in [0.25, 0.3) is 5.91 Å². The summed E-state index contributed by atoms with van der Waals surface area (Å²) >= 11 is 0. The molecule has 0 atom stereocenters. The molecule has 0 radical (unpaired) electrons. The lowest BCUT2D eigenvalue weighted by atomic mass is 10.1. The fraction of sp³-hybridized carbons (Fsp3) is 0.444. The van der Waals surface area contributed by atoms with E-state index in [1.807, 2.05) is 17.9 Å². The Morgan fingerprint density at radius 1 is 1.29 bits per heavy atom. The lowest BCUT2D eigenvalue weighted by molar-refractivity contribution is 0.0585. The monoisotopic (exact) mass is 331 g/mol. The average molecular weight is 331 g/mol. The van der Waals surface area contributed by atoms with Gasteiger partial charge in [-0.15, -0.1) is 0 Å². The predicted molar refractivity (Wildman–Crippen MR) is 88.5 cm³/mol. The topological polar surface area (TPSA) is 47.4 Å². The Hall–Kier alpha value is -2.37. The summed E-state index contributed by atoms with van der Waals surface area (Å²) in [7, 11) is 1.80. The number of benzene rings is 1. The molecule has 1 aliphatic heterocycles. The van der Waals surface area contributed by atoms with Crippen molar-refractivity contribution in [3.63, 3.8) is 0 Å². The highest BCUT2D eigenvalue weighted by Crippen LogP contribution is 2.20. The number of aryl methyl sites for hydroxylation is 2. The molecule has 0 aliphatic carbocycles. The molecule has 2 heterocycles. The maximum Gasteiger partial charge on any atom is 0.272 e. The molecule has 1 aliphatic rings. The molecule has 5 nitrogen and oxygen atoms in total. The van der Waals surface area contributed by atoms with Crippen LogP contribution in [0.1, 0.15) is 35.9 Å². The number of piperidine rings is 1. The lowest BCUT2D eigenvalue weighted by Gasteiger charge is -2.32. The van der Waals surface area contributed by atoms with Gasteiger partial charge in [0.1, 0.15) is 23.4 Å². The zero-order valence-electron chi connectivity index (χ0n) is 14.0. The summed E-state index contributed by atoms with van der Waals surface area (Å²) in [6, 6.07) is 7.91. The van der Waals surface area contributed by atoms with Gasteiger partial charge < -0.3 is 9.64 Å². The van der Waals surface area contributed by atoms with Gasteiger partial charge in [-0.2, -0.15) is 5.10 Å². The Morgan fingerprint density at radius 3 is 2.54 bits per heavy atom. The van der Waals surface area contributed by atoms with Gasteiger partial charge in [-0.05, 0) is 36.8 Å². The van der Waals surface area contributed by atoms with E-state index >= 15 is 0 Å². The molecular formula is C18H22FN3O2. The minimum Gasteiger partial charge on any atom is -0.490 e. The van der Waals surface area contributed by atoms with Crippen LogP contribution in [0.3, 0.4) is 0 Å². The summed E-state index contributed by atoms with van der Waals surface area (Å²) in [5, 5.41) is 4.34. The third kappa shape index (κ3) is 3.58. The van der Waals surface area contributed by atoms with Gasteiger partial charge >= 0.3 is 0 Å². The predicted octanol–water partition coefficient (Wildman–Crippen LogP) is 2.81. The minimum atomic E-state index is -0.273. The van der Waals surface area contributed by atoms with Crippen LogP contribution in [0.15, 0.2) is 30.3 Å². The molecule has 6 heteroatoms. The van der Waals surface area contributed by atoms with Crippen molar-refractivity contribution in [3.05, 3.63) is 47.5 Å². The van der Waals surface area contributed by atoms with Crippen molar-refractivity contribution in [1.82, 2.24) is 14.7 Å². The van der Waals surface area contributed by atoms with Crippen LogP contribution in [0.5, 0.6) is 5.75 Å². The molecule has 0 unspecified atom stereocenters. The van der Waals surface area contributed by atoms with Gasteiger partial charge in [-0.25, -0.2) is 4.39 Å². The van der Waals surface area contributed by atoms with E-state index in [-0.39, 0.29) is 17.8 Å². The van der Waals surface area contributed by atoms with Crippen LogP contribution in [0.2, 0.25) is 0 Å². The number of nitrogens with zero attached hydrogens (tertiary/aromatic N) is 3. The highest BCUT2D eigenvalue weighted by atomic mass is 19.1. The van der Waals surface area contributed by atoms with Crippen molar-refractivity contribution in [2.45, 2.75) is 32.3 Å². The third-order valence-corrected chi connectivity index (χ3v) is 4.36. The van der Waals surface area contributed by atoms with Crippen LogP contribution in [0, 0.1) is 5.82 Å². The average Bonchev–Trinajstić information content (AvgIpc) is 2.98. The molecule has 128 valence electrons. The molecule has 1 amide bonds. The van der Waals surface area contributed by atoms with Crippen LogP contribution < -0.4 is 4.74 Å². The van der Waals surface area contributed by atoms with Crippen molar-refractivity contribution in [2.24, 2.45) is 7.05 Å². The van der Waals surface area contributed by atoms with E-state index in [0.29, 0.717) is 24.5 Å². The van der Waals surface area contributed by atoms with Crippen LogP contribution >= 0.6 is 0 Å². The minimum absolute atomic E-state index is 0.0185. The second-order valence-corrected chi connectivity index (χ2v) is 6.06. The van der Waals surface area contributed by atoms with E-state index in [4.69, 9.17) is 4.74 Å². The number of rotatable bonds is 4. The Balaban J connectivity index is 1.57. The molecule has 2 aromatic rings. The molecule has 1 aromatic heterocycles. The van der Waals surface area contributed by atoms with Gasteiger partial charge in [-0.3, -0.25) is 9.48 Å². The van der Waals surface area contributed by atoms with E-state index in [1.165, 1.54) is 12.1 Å². The number of carbonyl (C=O) groups is 1. The van der Waals surface area contributed by atoms with Crippen molar-refractivity contribution in [3.8, 4) is 5.75 Å². The first-order chi connectivity index (χ1) is 11.6. The number of hydrogen-bond donors (Lipinski definition) is 0. The van der Waals surface area contributed by atoms with Crippen LogP contribution in [0.4, 0.5) is 4.39 Å². The Kier molecular flexibility index (Phi) is 4.83. The number of carbonyl (C=O) groups excluding carboxylic acids is 1. The maximum absolute atomic E-state index is 12.9. The first-order valence-corrected chi connectivity index (χ1v) is 8.31. The van der Waals surface area contributed by atoms with E-state index in [1.54, 1.807) is 23.9 Å². The summed E-state index contributed by atoms with van der Waals surface area (Å²) in [5.74, 6) is 0.413. The molecule has 0 N–H and O–H groups in total. The number of likely N-dealkylation sites (tertiary alicyclic amines) is 1. The normalized spacial score (nSPS) is 15.5. The second-order valence-electron chi connectivity index (χ2n) is 6.06. The van der Waals surface area contributed by atoms with Crippen molar-refractivity contribution in [1.29, 1.82) is 0 Å². The summed E-state index contributed by atoms with van der Waals surface area (Å²) < 4.78 is 20.4. The van der Waals surface area contributed by atoms with Gasteiger partial charge in [0.15, 0.2) is 0 Å². The number of halogens is 1. The number of hydrogen-bond acceptors (Lipinski definition) is 3. The fourth-order valence-electron chi connectivity index (χ4n) is 2.94. The lowest BCUT2D eigenvalue weighted by Crippen LogP contribution is -2.42.